The first kappa shape index (κ1) is 18.1. The molecule has 1 fully saturated rings. The number of hydrogen-bond acceptors (Lipinski definition) is 3. The summed E-state index contributed by atoms with van der Waals surface area (Å²) in [6.45, 7) is 0.667. The molecule has 2 unspecified atom stereocenters. The van der Waals surface area contributed by atoms with Crippen LogP contribution in [0, 0.1) is 11.7 Å². The number of hydrogen-bond donors (Lipinski definition) is 0. The van der Waals surface area contributed by atoms with E-state index in [4.69, 9.17) is 4.74 Å². The van der Waals surface area contributed by atoms with Gasteiger partial charge in [0.25, 0.3) is 0 Å². The zero-order chi connectivity index (χ0) is 17.9. The third kappa shape index (κ3) is 4.30. The summed E-state index contributed by atoms with van der Waals surface area (Å²) in [5.74, 6) is -0.574. The molecule has 0 radical (unpaired) electrons. The van der Waals surface area contributed by atoms with Crippen LogP contribution in [0.3, 0.4) is 0 Å². The number of carbonyl (C=O) groups excluding carboxylic acids is 1. The van der Waals surface area contributed by atoms with E-state index in [-0.39, 0.29) is 32.7 Å². The average molecular weight is 406 g/mol. The second-order valence-electron chi connectivity index (χ2n) is 6.69. The fourth-order valence-electron chi connectivity index (χ4n) is 3.20. The molecular weight excluding hydrogens is 384 g/mol. The number of ether oxygens (including phenoxy) is 1. The Morgan fingerprint density at radius 2 is 1.84 bits per heavy atom. The van der Waals surface area contributed by atoms with Gasteiger partial charge >= 0.3 is 154 Å². The molecule has 0 saturated carbocycles. The first-order chi connectivity index (χ1) is 12.0. The Bertz CT molecular complexity index is 720. The molecule has 132 valence electrons. The minimum absolute atomic E-state index is 0.147. The van der Waals surface area contributed by atoms with Crippen LogP contribution >= 0.6 is 0 Å². The van der Waals surface area contributed by atoms with Crippen LogP contribution in [0.5, 0.6) is 0 Å². The molecule has 0 spiro atoms. The van der Waals surface area contributed by atoms with Crippen LogP contribution in [0.1, 0.15) is 12.0 Å². The quantitative estimate of drug-likeness (QED) is 0.546. The number of nitrogens with zero attached hydrogens (tertiary/aromatic N) is 1. The van der Waals surface area contributed by atoms with Gasteiger partial charge in [0, 0.05) is 0 Å². The molecular formula is C20H22FNO2Se. The zero-order valence-corrected chi connectivity index (χ0v) is 16.2. The van der Waals surface area contributed by atoms with Crippen LogP contribution < -0.4 is 4.46 Å². The molecule has 0 amide bonds. The Morgan fingerprint density at radius 3 is 2.48 bits per heavy atom. The fourth-order valence-corrected chi connectivity index (χ4v) is 5.49. The van der Waals surface area contributed by atoms with Crippen molar-refractivity contribution in [3.63, 3.8) is 0 Å². The van der Waals surface area contributed by atoms with Gasteiger partial charge in [0.1, 0.15) is 0 Å². The van der Waals surface area contributed by atoms with Crippen LogP contribution in [-0.4, -0.2) is 46.5 Å². The summed E-state index contributed by atoms with van der Waals surface area (Å²) in [5.41, 5.74) is 0.239. The SMILES string of the molecule is CN(C)CC1CC(C[Se]c2ccccc2)(c2ccc(F)cc2)OC1=O. The third-order valence-corrected chi connectivity index (χ3v) is 6.93. The van der Waals surface area contributed by atoms with Crippen LogP contribution in [0.2, 0.25) is 5.32 Å². The van der Waals surface area contributed by atoms with Crippen molar-refractivity contribution in [3.8, 4) is 0 Å². The van der Waals surface area contributed by atoms with Crippen molar-refractivity contribution >= 4 is 25.4 Å². The van der Waals surface area contributed by atoms with Gasteiger partial charge in [0.2, 0.25) is 0 Å². The number of benzene rings is 2. The Hall–Kier alpha value is -1.68. The van der Waals surface area contributed by atoms with Crippen LogP contribution in [-0.2, 0) is 15.1 Å². The van der Waals surface area contributed by atoms with E-state index in [0.717, 1.165) is 10.9 Å². The summed E-state index contributed by atoms with van der Waals surface area (Å²) in [6, 6.07) is 16.6. The van der Waals surface area contributed by atoms with Crippen molar-refractivity contribution in [2.24, 2.45) is 5.92 Å². The number of esters is 1. The summed E-state index contributed by atoms with van der Waals surface area (Å²) >= 11 is 0.170. The summed E-state index contributed by atoms with van der Waals surface area (Å²) in [7, 11) is 3.91. The second-order valence-corrected chi connectivity index (χ2v) is 8.89. The molecule has 3 rings (SSSR count). The molecule has 25 heavy (non-hydrogen) atoms. The molecule has 0 aromatic heterocycles. The molecule has 1 aliphatic rings. The first-order valence-electron chi connectivity index (χ1n) is 8.30. The van der Waals surface area contributed by atoms with Crippen LogP contribution in [0.25, 0.3) is 0 Å². The number of halogens is 1. The normalized spacial score (nSPS) is 23.0. The van der Waals surface area contributed by atoms with Gasteiger partial charge in [-0.2, -0.15) is 0 Å². The van der Waals surface area contributed by atoms with E-state index in [1.807, 2.05) is 37.2 Å². The Balaban J connectivity index is 1.86. The van der Waals surface area contributed by atoms with E-state index >= 15 is 0 Å². The predicted molar refractivity (Wildman–Crippen MR) is 97.5 cm³/mol. The maximum atomic E-state index is 13.4. The van der Waals surface area contributed by atoms with Crippen LogP contribution in [0.15, 0.2) is 54.6 Å². The van der Waals surface area contributed by atoms with Gasteiger partial charge in [-0.1, -0.05) is 0 Å². The molecule has 2 aromatic carbocycles. The molecule has 1 heterocycles. The molecule has 5 heteroatoms. The predicted octanol–water partition coefficient (Wildman–Crippen LogP) is 2.59. The van der Waals surface area contributed by atoms with E-state index in [1.54, 1.807) is 12.1 Å². The van der Waals surface area contributed by atoms with E-state index in [0.29, 0.717) is 13.0 Å². The van der Waals surface area contributed by atoms with Gasteiger partial charge < -0.3 is 0 Å². The van der Waals surface area contributed by atoms with Crippen molar-refractivity contribution in [2.45, 2.75) is 17.3 Å². The van der Waals surface area contributed by atoms with Gasteiger partial charge in [-0.25, -0.2) is 0 Å². The summed E-state index contributed by atoms with van der Waals surface area (Å²) in [4.78, 5) is 14.5. The number of cyclic esters (lactones) is 1. The van der Waals surface area contributed by atoms with Crippen molar-refractivity contribution in [1.82, 2.24) is 4.90 Å². The van der Waals surface area contributed by atoms with E-state index < -0.39 is 5.60 Å². The average Bonchev–Trinajstić information content (AvgIpc) is 2.91. The summed E-state index contributed by atoms with van der Waals surface area (Å²) in [5, 5.41) is 0.755. The Labute approximate surface area is 154 Å². The van der Waals surface area contributed by atoms with E-state index in [9.17, 15) is 9.18 Å². The van der Waals surface area contributed by atoms with Gasteiger partial charge in [0.15, 0.2) is 0 Å². The number of carbonyl (C=O) groups is 1. The zero-order valence-electron chi connectivity index (χ0n) is 14.4. The first-order valence-corrected chi connectivity index (χ1v) is 10.4. The van der Waals surface area contributed by atoms with Crippen molar-refractivity contribution in [3.05, 3.63) is 66.0 Å². The summed E-state index contributed by atoms with van der Waals surface area (Å²) in [6.07, 6.45) is 0.643. The van der Waals surface area contributed by atoms with Gasteiger partial charge in [-0.3, -0.25) is 0 Å². The standard InChI is InChI=1S/C20H22FNO2Se/c1-22(2)13-15-12-20(24-19(15)23,16-8-10-17(21)11-9-16)14-25-18-6-4-3-5-7-18/h3-11,15H,12-14H2,1-2H3. The van der Waals surface area contributed by atoms with Gasteiger partial charge in [-0.05, 0) is 0 Å². The monoisotopic (exact) mass is 407 g/mol. The third-order valence-electron chi connectivity index (χ3n) is 4.38. The molecule has 3 nitrogen and oxygen atoms in total. The van der Waals surface area contributed by atoms with Crippen molar-refractivity contribution < 1.29 is 13.9 Å². The molecule has 2 aromatic rings. The summed E-state index contributed by atoms with van der Waals surface area (Å²) < 4.78 is 20.6. The number of rotatable bonds is 6. The molecule has 0 N–H and O–H groups in total. The molecule has 0 aliphatic carbocycles. The van der Waals surface area contributed by atoms with Gasteiger partial charge in [0.05, 0.1) is 0 Å². The fraction of sp³-hybridized carbons (Fsp3) is 0.350. The Kier molecular flexibility index (Phi) is 5.57. The Morgan fingerprint density at radius 1 is 1.16 bits per heavy atom. The minimum atomic E-state index is -0.651. The molecule has 2 atom stereocenters. The van der Waals surface area contributed by atoms with E-state index in [1.165, 1.54) is 16.6 Å². The van der Waals surface area contributed by atoms with Gasteiger partial charge in [-0.15, -0.1) is 0 Å². The van der Waals surface area contributed by atoms with Crippen molar-refractivity contribution in [2.75, 3.05) is 20.6 Å². The molecule has 0 bridgehead atoms. The van der Waals surface area contributed by atoms with E-state index in [2.05, 4.69) is 12.1 Å². The van der Waals surface area contributed by atoms with Crippen molar-refractivity contribution in [1.29, 1.82) is 0 Å². The maximum absolute atomic E-state index is 13.4. The molecule has 1 saturated heterocycles. The second kappa shape index (κ2) is 7.69. The van der Waals surface area contributed by atoms with Crippen LogP contribution in [0.4, 0.5) is 4.39 Å². The topological polar surface area (TPSA) is 29.5 Å². The molecule has 1 aliphatic heterocycles.